The molecule has 0 radical (unpaired) electrons. The molecular formula is C19H32N4O3S. The molecule has 2 saturated heterocycles. The highest BCUT2D eigenvalue weighted by Gasteiger charge is 2.33. The molecule has 3 rings (SSSR count). The molecule has 0 spiro atoms. The fourth-order valence-corrected chi connectivity index (χ4v) is 5.43. The van der Waals surface area contributed by atoms with Crippen LogP contribution >= 0.6 is 0 Å². The van der Waals surface area contributed by atoms with E-state index in [1.54, 1.807) is 11.4 Å². The summed E-state index contributed by atoms with van der Waals surface area (Å²) in [6, 6.07) is 10.2. The number of hydrogen-bond donors (Lipinski definition) is 1. The average Bonchev–Trinajstić information content (AvgIpc) is 2.70. The lowest BCUT2D eigenvalue weighted by Crippen LogP contribution is -2.55. The van der Waals surface area contributed by atoms with Gasteiger partial charge in [-0.25, -0.2) is 0 Å². The van der Waals surface area contributed by atoms with Crippen LogP contribution in [0.5, 0.6) is 0 Å². The smallest absolute Gasteiger partial charge is 0.282 e. The van der Waals surface area contributed by atoms with E-state index in [4.69, 9.17) is 5.11 Å². The van der Waals surface area contributed by atoms with Gasteiger partial charge in [-0.15, -0.1) is 0 Å². The molecule has 8 heteroatoms. The van der Waals surface area contributed by atoms with Crippen molar-refractivity contribution in [2.45, 2.75) is 25.4 Å². The third-order valence-electron chi connectivity index (χ3n) is 5.73. The summed E-state index contributed by atoms with van der Waals surface area (Å²) in [5, 5.41) is 9.05. The quantitative estimate of drug-likeness (QED) is 0.724. The largest absolute Gasteiger partial charge is 0.395 e. The van der Waals surface area contributed by atoms with Crippen LogP contribution in [0.2, 0.25) is 0 Å². The minimum Gasteiger partial charge on any atom is -0.395 e. The van der Waals surface area contributed by atoms with Crippen LogP contribution in [0.25, 0.3) is 0 Å². The minimum atomic E-state index is -3.42. The number of piperazine rings is 1. The molecule has 0 saturated carbocycles. The molecule has 2 aliphatic heterocycles. The van der Waals surface area contributed by atoms with Crippen LogP contribution < -0.4 is 0 Å². The van der Waals surface area contributed by atoms with Crippen molar-refractivity contribution in [2.75, 3.05) is 59.5 Å². The summed E-state index contributed by atoms with van der Waals surface area (Å²) in [6.45, 7) is 6.52. The molecule has 0 atom stereocenters. The fraction of sp³-hybridized carbons (Fsp3) is 0.684. The van der Waals surface area contributed by atoms with Gasteiger partial charge in [0.2, 0.25) is 0 Å². The van der Waals surface area contributed by atoms with Crippen LogP contribution in [0.1, 0.15) is 18.4 Å². The van der Waals surface area contributed by atoms with E-state index in [9.17, 15) is 8.42 Å². The van der Waals surface area contributed by atoms with Crippen LogP contribution in [0, 0.1) is 0 Å². The van der Waals surface area contributed by atoms with E-state index in [1.165, 1.54) is 4.31 Å². The Morgan fingerprint density at radius 3 is 2.26 bits per heavy atom. The Morgan fingerprint density at radius 2 is 1.67 bits per heavy atom. The number of piperidine rings is 1. The number of nitrogens with zero attached hydrogens (tertiary/aromatic N) is 4. The Labute approximate surface area is 163 Å². The number of aliphatic hydroxyl groups is 1. The van der Waals surface area contributed by atoms with E-state index in [0.717, 1.165) is 51.1 Å². The number of β-amino-alcohol motifs (C(OH)–C–C–N with tert-alkyl or cyclic N) is 1. The Hall–Kier alpha value is -1.03. The van der Waals surface area contributed by atoms with Gasteiger partial charge in [-0.05, 0) is 18.4 Å². The number of aliphatic hydroxyl groups excluding tert-OH is 1. The third kappa shape index (κ3) is 5.28. The van der Waals surface area contributed by atoms with E-state index < -0.39 is 10.2 Å². The highest BCUT2D eigenvalue weighted by molar-refractivity contribution is 7.86. The summed E-state index contributed by atoms with van der Waals surface area (Å²) < 4.78 is 28.9. The molecule has 1 aromatic carbocycles. The highest BCUT2D eigenvalue weighted by Crippen LogP contribution is 2.22. The molecule has 0 aromatic heterocycles. The van der Waals surface area contributed by atoms with Crippen LogP contribution in [0.15, 0.2) is 30.3 Å². The first-order chi connectivity index (χ1) is 13.0. The number of hydrogen-bond acceptors (Lipinski definition) is 5. The lowest BCUT2D eigenvalue weighted by Gasteiger charge is -2.42. The highest BCUT2D eigenvalue weighted by atomic mass is 32.2. The van der Waals surface area contributed by atoms with Gasteiger partial charge in [0.05, 0.1) is 6.61 Å². The second kappa shape index (κ2) is 9.45. The van der Waals surface area contributed by atoms with Gasteiger partial charge in [0.1, 0.15) is 0 Å². The van der Waals surface area contributed by atoms with Crippen molar-refractivity contribution in [3.63, 3.8) is 0 Å². The monoisotopic (exact) mass is 396 g/mol. The summed E-state index contributed by atoms with van der Waals surface area (Å²) >= 11 is 0. The fourth-order valence-electron chi connectivity index (χ4n) is 4.05. The van der Waals surface area contributed by atoms with Gasteiger partial charge >= 0.3 is 0 Å². The molecule has 0 unspecified atom stereocenters. The molecule has 2 heterocycles. The zero-order valence-corrected chi connectivity index (χ0v) is 17.0. The van der Waals surface area contributed by atoms with Gasteiger partial charge in [-0.2, -0.15) is 17.0 Å². The Morgan fingerprint density at radius 1 is 1.04 bits per heavy atom. The third-order valence-corrected chi connectivity index (χ3v) is 7.67. The van der Waals surface area contributed by atoms with E-state index >= 15 is 0 Å². The van der Waals surface area contributed by atoms with Gasteiger partial charge in [0.15, 0.2) is 0 Å². The van der Waals surface area contributed by atoms with Crippen molar-refractivity contribution in [3.8, 4) is 0 Å². The number of benzene rings is 1. The van der Waals surface area contributed by atoms with E-state index in [1.807, 2.05) is 30.3 Å². The maximum Gasteiger partial charge on any atom is 0.282 e. The molecule has 0 bridgehead atoms. The predicted molar refractivity (Wildman–Crippen MR) is 107 cm³/mol. The Balaban J connectivity index is 1.49. The minimum absolute atomic E-state index is 0.215. The van der Waals surface area contributed by atoms with E-state index in [2.05, 4.69) is 9.80 Å². The first kappa shape index (κ1) is 20.7. The molecule has 1 N–H and O–H groups in total. The SMILES string of the molecule is CN(Cc1ccccc1)S(=O)(=O)N1CCC(N2CCN(CCO)CC2)CC1. The Bertz CT molecular complexity index is 669. The van der Waals surface area contributed by atoms with Crippen LogP contribution in [-0.4, -0.2) is 97.4 Å². The van der Waals surface area contributed by atoms with Gasteiger partial charge in [-0.1, -0.05) is 30.3 Å². The van der Waals surface area contributed by atoms with Crippen LogP contribution in [0.4, 0.5) is 0 Å². The molecule has 2 aliphatic rings. The number of rotatable bonds is 7. The van der Waals surface area contributed by atoms with E-state index in [0.29, 0.717) is 25.7 Å². The van der Waals surface area contributed by atoms with Gasteiger partial charge in [-0.3, -0.25) is 9.80 Å². The molecule has 0 aliphatic carbocycles. The zero-order chi connectivity index (χ0) is 19.3. The van der Waals surface area contributed by atoms with Crippen molar-refractivity contribution in [2.24, 2.45) is 0 Å². The van der Waals surface area contributed by atoms with Crippen molar-refractivity contribution >= 4 is 10.2 Å². The van der Waals surface area contributed by atoms with E-state index in [-0.39, 0.29) is 6.61 Å². The van der Waals surface area contributed by atoms with Crippen molar-refractivity contribution < 1.29 is 13.5 Å². The zero-order valence-electron chi connectivity index (χ0n) is 16.2. The maximum absolute atomic E-state index is 12.9. The van der Waals surface area contributed by atoms with Crippen molar-refractivity contribution in [1.82, 2.24) is 18.4 Å². The molecule has 1 aromatic rings. The Kier molecular flexibility index (Phi) is 7.24. The molecule has 2 fully saturated rings. The van der Waals surface area contributed by atoms with Crippen molar-refractivity contribution in [1.29, 1.82) is 0 Å². The van der Waals surface area contributed by atoms with Crippen LogP contribution in [-0.2, 0) is 16.8 Å². The standard InChI is InChI=1S/C19H32N4O3S/c1-20(17-18-5-3-2-4-6-18)27(25,26)23-9-7-19(8-10-23)22-13-11-21(12-14-22)15-16-24/h2-6,19,24H,7-17H2,1H3. The first-order valence-corrected chi connectivity index (χ1v) is 11.2. The maximum atomic E-state index is 12.9. The summed E-state index contributed by atoms with van der Waals surface area (Å²) in [5.74, 6) is 0. The summed E-state index contributed by atoms with van der Waals surface area (Å²) in [4.78, 5) is 4.78. The van der Waals surface area contributed by atoms with Gasteiger partial charge in [0.25, 0.3) is 10.2 Å². The molecule has 152 valence electrons. The molecular weight excluding hydrogens is 364 g/mol. The molecule has 27 heavy (non-hydrogen) atoms. The normalized spacial score (nSPS) is 21.7. The average molecular weight is 397 g/mol. The summed E-state index contributed by atoms with van der Waals surface area (Å²) in [5.41, 5.74) is 0.999. The first-order valence-electron chi connectivity index (χ1n) is 9.83. The summed E-state index contributed by atoms with van der Waals surface area (Å²) in [6.07, 6.45) is 1.77. The second-order valence-corrected chi connectivity index (χ2v) is 9.52. The van der Waals surface area contributed by atoms with Crippen LogP contribution in [0.3, 0.4) is 0 Å². The summed E-state index contributed by atoms with van der Waals surface area (Å²) in [7, 11) is -1.76. The lowest BCUT2D eigenvalue weighted by molar-refractivity contribution is 0.0639. The second-order valence-electron chi connectivity index (χ2n) is 7.48. The van der Waals surface area contributed by atoms with Gasteiger partial charge < -0.3 is 5.11 Å². The van der Waals surface area contributed by atoms with Gasteiger partial charge in [0, 0.05) is 65.4 Å². The molecule has 7 nitrogen and oxygen atoms in total. The predicted octanol–water partition coefficient (Wildman–Crippen LogP) is 0.438. The lowest BCUT2D eigenvalue weighted by atomic mass is 10.0. The topological polar surface area (TPSA) is 67.3 Å². The van der Waals surface area contributed by atoms with Crippen molar-refractivity contribution in [3.05, 3.63) is 35.9 Å². The molecule has 0 amide bonds.